The van der Waals surface area contributed by atoms with Gasteiger partial charge in [-0.15, -0.1) is 0 Å². The Labute approximate surface area is 133 Å². The first-order valence-corrected chi connectivity index (χ1v) is 8.37. The molecule has 1 aromatic rings. The van der Waals surface area contributed by atoms with Crippen LogP contribution in [0.5, 0.6) is 0 Å². The molecule has 0 spiro atoms. The van der Waals surface area contributed by atoms with Crippen LogP contribution in [0.2, 0.25) is 10.0 Å². The fourth-order valence-electron chi connectivity index (χ4n) is 3.66. The first-order valence-electron chi connectivity index (χ1n) is 7.62. The minimum atomic E-state index is 0.415. The molecule has 0 heterocycles. The fourth-order valence-corrected chi connectivity index (χ4v) is 4.06. The summed E-state index contributed by atoms with van der Waals surface area (Å²) in [6.07, 6.45) is 4.93. The topological polar surface area (TPSA) is 12.0 Å². The molecule has 0 amide bonds. The number of halogens is 2. The molecule has 1 nitrogen and oxygen atoms in total. The normalized spacial score (nSPS) is 22.9. The zero-order valence-electron chi connectivity index (χ0n) is 12.7. The lowest BCUT2D eigenvalue weighted by atomic mass is 9.76. The highest BCUT2D eigenvalue weighted by Gasteiger charge is 2.39. The monoisotopic (exact) mass is 313 g/mol. The summed E-state index contributed by atoms with van der Waals surface area (Å²) in [7, 11) is 0. The molecule has 112 valence electrons. The van der Waals surface area contributed by atoms with Crippen molar-refractivity contribution in [1.29, 1.82) is 0 Å². The van der Waals surface area contributed by atoms with Gasteiger partial charge in [-0.05, 0) is 48.8 Å². The Balaban J connectivity index is 2.19. The minimum Gasteiger partial charge on any atom is -0.314 e. The van der Waals surface area contributed by atoms with Crippen molar-refractivity contribution in [2.75, 3.05) is 6.54 Å². The summed E-state index contributed by atoms with van der Waals surface area (Å²) in [5, 5.41) is 5.05. The maximum Gasteiger partial charge on any atom is 0.0624 e. The molecule has 1 fully saturated rings. The molecule has 2 atom stereocenters. The van der Waals surface area contributed by atoms with Crippen molar-refractivity contribution < 1.29 is 0 Å². The second-order valence-electron chi connectivity index (χ2n) is 6.57. The predicted molar refractivity (Wildman–Crippen MR) is 88.8 cm³/mol. The molecule has 1 saturated carbocycles. The van der Waals surface area contributed by atoms with Crippen LogP contribution >= 0.6 is 23.2 Å². The van der Waals surface area contributed by atoms with Gasteiger partial charge in [0.15, 0.2) is 0 Å². The van der Waals surface area contributed by atoms with Crippen molar-refractivity contribution in [2.45, 2.75) is 52.5 Å². The van der Waals surface area contributed by atoms with Gasteiger partial charge in [-0.2, -0.15) is 0 Å². The zero-order valence-corrected chi connectivity index (χ0v) is 14.2. The van der Waals surface area contributed by atoms with Crippen molar-refractivity contribution in [1.82, 2.24) is 5.32 Å². The number of hydrogen-bond donors (Lipinski definition) is 1. The van der Waals surface area contributed by atoms with E-state index in [0.717, 1.165) is 18.5 Å². The van der Waals surface area contributed by atoms with Gasteiger partial charge in [-0.1, -0.05) is 62.5 Å². The second-order valence-corrected chi connectivity index (χ2v) is 7.35. The van der Waals surface area contributed by atoms with Crippen LogP contribution in [0.25, 0.3) is 0 Å². The Bertz CT molecular complexity index is 456. The maximum absolute atomic E-state index is 6.36. The van der Waals surface area contributed by atoms with Crippen LogP contribution in [0.1, 0.15) is 45.6 Å². The van der Waals surface area contributed by atoms with Gasteiger partial charge in [0, 0.05) is 6.04 Å². The molecule has 1 aromatic carbocycles. The highest BCUT2D eigenvalue weighted by molar-refractivity contribution is 6.42. The van der Waals surface area contributed by atoms with E-state index in [4.69, 9.17) is 23.2 Å². The summed E-state index contributed by atoms with van der Waals surface area (Å²) in [5.41, 5.74) is 1.57. The Morgan fingerprint density at radius 1 is 1.35 bits per heavy atom. The summed E-state index contributed by atoms with van der Waals surface area (Å²) in [5.74, 6) is 0.706. The van der Waals surface area contributed by atoms with E-state index in [1.807, 2.05) is 12.1 Å². The number of benzene rings is 1. The first kappa shape index (κ1) is 16.1. The third-order valence-electron chi connectivity index (χ3n) is 4.76. The molecule has 1 aliphatic carbocycles. The molecule has 3 heteroatoms. The molecule has 0 bridgehead atoms. The SMILES string of the molecule is CCNC(Cc1cccc(Cl)c1Cl)C1CCCC1(C)C. The van der Waals surface area contributed by atoms with Crippen LogP contribution in [-0.4, -0.2) is 12.6 Å². The van der Waals surface area contributed by atoms with Gasteiger partial charge >= 0.3 is 0 Å². The van der Waals surface area contributed by atoms with E-state index in [0.29, 0.717) is 27.4 Å². The lowest BCUT2D eigenvalue weighted by Gasteiger charge is -2.35. The summed E-state index contributed by atoms with van der Waals surface area (Å²) in [6.45, 7) is 7.97. The zero-order chi connectivity index (χ0) is 14.8. The Morgan fingerprint density at radius 2 is 2.10 bits per heavy atom. The van der Waals surface area contributed by atoms with Gasteiger partial charge in [0.05, 0.1) is 10.0 Å². The van der Waals surface area contributed by atoms with Gasteiger partial charge in [0.2, 0.25) is 0 Å². The van der Waals surface area contributed by atoms with E-state index in [9.17, 15) is 0 Å². The Kier molecular flexibility index (Phi) is 5.39. The standard InChI is InChI=1S/C17H25Cl2N/c1-4-20-15(13-8-6-10-17(13,2)3)11-12-7-5-9-14(18)16(12)19/h5,7,9,13,15,20H,4,6,8,10-11H2,1-3H3. The van der Waals surface area contributed by atoms with Crippen LogP contribution in [-0.2, 0) is 6.42 Å². The average molecular weight is 314 g/mol. The number of likely N-dealkylation sites (N-methyl/N-ethyl adjacent to an activating group) is 1. The molecule has 0 radical (unpaired) electrons. The molecule has 0 saturated heterocycles. The minimum absolute atomic E-state index is 0.415. The molecular formula is C17H25Cl2N. The van der Waals surface area contributed by atoms with Crippen LogP contribution in [0.3, 0.4) is 0 Å². The lowest BCUT2D eigenvalue weighted by molar-refractivity contribution is 0.197. The quantitative estimate of drug-likeness (QED) is 0.773. The molecule has 1 aliphatic rings. The molecule has 0 aromatic heterocycles. The van der Waals surface area contributed by atoms with Crippen LogP contribution in [0.4, 0.5) is 0 Å². The third kappa shape index (κ3) is 3.50. The van der Waals surface area contributed by atoms with Gasteiger partial charge in [-0.25, -0.2) is 0 Å². The van der Waals surface area contributed by atoms with E-state index in [2.05, 4.69) is 32.2 Å². The Hall–Kier alpha value is -0.240. The van der Waals surface area contributed by atoms with E-state index in [1.165, 1.54) is 19.3 Å². The number of hydrogen-bond acceptors (Lipinski definition) is 1. The predicted octanol–water partition coefficient (Wildman–Crippen LogP) is 5.34. The summed E-state index contributed by atoms with van der Waals surface area (Å²) < 4.78 is 0. The smallest absolute Gasteiger partial charge is 0.0624 e. The van der Waals surface area contributed by atoms with Crippen LogP contribution in [0.15, 0.2) is 18.2 Å². The molecule has 2 unspecified atom stereocenters. The van der Waals surface area contributed by atoms with Crippen molar-refractivity contribution >= 4 is 23.2 Å². The summed E-state index contributed by atoms with van der Waals surface area (Å²) >= 11 is 12.5. The van der Waals surface area contributed by atoms with Crippen molar-refractivity contribution in [3.63, 3.8) is 0 Å². The summed E-state index contributed by atoms with van der Waals surface area (Å²) in [4.78, 5) is 0. The molecule has 20 heavy (non-hydrogen) atoms. The van der Waals surface area contributed by atoms with Crippen LogP contribution in [0, 0.1) is 11.3 Å². The molecular weight excluding hydrogens is 289 g/mol. The van der Waals surface area contributed by atoms with Gasteiger partial charge in [0.25, 0.3) is 0 Å². The maximum atomic E-state index is 6.36. The largest absolute Gasteiger partial charge is 0.314 e. The second kappa shape index (κ2) is 6.68. The van der Waals surface area contributed by atoms with Gasteiger partial charge in [-0.3, -0.25) is 0 Å². The van der Waals surface area contributed by atoms with E-state index < -0.39 is 0 Å². The van der Waals surface area contributed by atoms with Crippen molar-refractivity contribution in [3.8, 4) is 0 Å². The summed E-state index contributed by atoms with van der Waals surface area (Å²) in [6, 6.07) is 6.43. The molecule has 0 aliphatic heterocycles. The van der Waals surface area contributed by atoms with E-state index in [1.54, 1.807) is 0 Å². The van der Waals surface area contributed by atoms with E-state index in [-0.39, 0.29) is 0 Å². The molecule has 2 rings (SSSR count). The highest BCUT2D eigenvalue weighted by atomic mass is 35.5. The van der Waals surface area contributed by atoms with Crippen LogP contribution < -0.4 is 5.32 Å². The molecule has 1 N–H and O–H groups in total. The van der Waals surface area contributed by atoms with Gasteiger partial charge < -0.3 is 5.32 Å². The fraction of sp³-hybridized carbons (Fsp3) is 0.647. The number of nitrogens with one attached hydrogen (secondary N) is 1. The van der Waals surface area contributed by atoms with Crippen molar-refractivity contribution in [2.24, 2.45) is 11.3 Å². The van der Waals surface area contributed by atoms with Gasteiger partial charge in [0.1, 0.15) is 0 Å². The van der Waals surface area contributed by atoms with Crippen molar-refractivity contribution in [3.05, 3.63) is 33.8 Å². The lowest BCUT2D eigenvalue weighted by Crippen LogP contribution is -2.42. The van der Waals surface area contributed by atoms with E-state index >= 15 is 0 Å². The average Bonchev–Trinajstić information content (AvgIpc) is 2.74. The Morgan fingerprint density at radius 3 is 2.70 bits per heavy atom. The third-order valence-corrected chi connectivity index (χ3v) is 5.62. The first-order chi connectivity index (χ1) is 9.45. The highest BCUT2D eigenvalue weighted by Crippen LogP contribution is 2.45. The number of rotatable bonds is 5.